The van der Waals surface area contributed by atoms with Crippen molar-refractivity contribution in [2.45, 2.75) is 59.3 Å². The number of nitrogens with zero attached hydrogens (tertiary/aromatic N) is 3. The highest BCUT2D eigenvalue weighted by Gasteiger charge is 2.27. The molecule has 1 aliphatic rings. The second-order valence-electron chi connectivity index (χ2n) is 7.02. The number of aromatic nitrogens is 2. The van der Waals surface area contributed by atoms with Gasteiger partial charge in [0, 0.05) is 24.1 Å². The van der Waals surface area contributed by atoms with Crippen molar-refractivity contribution < 1.29 is 0 Å². The van der Waals surface area contributed by atoms with Crippen LogP contribution in [0, 0.1) is 12.8 Å². The Morgan fingerprint density at radius 3 is 2.40 bits per heavy atom. The number of nitrogen functional groups attached to an aromatic ring is 1. The normalized spacial score (nSPS) is 15.4. The Bertz CT molecular complexity index is 472. The first kappa shape index (κ1) is 15.1. The van der Waals surface area contributed by atoms with E-state index in [1.165, 1.54) is 12.8 Å². The number of nitrogens with two attached hydrogens (primary N) is 1. The van der Waals surface area contributed by atoms with Gasteiger partial charge in [-0.3, -0.25) is 0 Å². The quantitative estimate of drug-likeness (QED) is 0.896. The smallest absolute Gasteiger partial charge is 0.138 e. The molecule has 0 spiro atoms. The summed E-state index contributed by atoms with van der Waals surface area (Å²) in [6.45, 7) is 12.8. The van der Waals surface area contributed by atoms with Crippen molar-refractivity contribution in [3.05, 3.63) is 11.4 Å². The average Bonchev–Trinajstić information content (AvgIpc) is 3.14. The van der Waals surface area contributed by atoms with E-state index in [1.807, 2.05) is 6.92 Å². The Kier molecular flexibility index (Phi) is 4.21. The van der Waals surface area contributed by atoms with Gasteiger partial charge in [-0.05, 0) is 32.1 Å². The SMILES string of the molecule is CCCN(CC1CC1)c1nc(C(C)(C)C)nc(N)c1C. The van der Waals surface area contributed by atoms with E-state index in [4.69, 9.17) is 10.7 Å². The number of hydrogen-bond acceptors (Lipinski definition) is 4. The number of rotatable bonds is 5. The minimum atomic E-state index is -0.0754. The third-order valence-electron chi connectivity index (χ3n) is 3.80. The largest absolute Gasteiger partial charge is 0.383 e. The Morgan fingerprint density at radius 2 is 1.90 bits per heavy atom. The van der Waals surface area contributed by atoms with Crippen molar-refractivity contribution in [3.63, 3.8) is 0 Å². The maximum Gasteiger partial charge on any atom is 0.138 e. The monoisotopic (exact) mass is 276 g/mol. The summed E-state index contributed by atoms with van der Waals surface area (Å²) >= 11 is 0. The highest BCUT2D eigenvalue weighted by Crippen LogP contribution is 2.33. The van der Waals surface area contributed by atoms with E-state index in [0.717, 1.165) is 42.6 Å². The molecule has 0 radical (unpaired) electrons. The zero-order valence-electron chi connectivity index (χ0n) is 13.5. The summed E-state index contributed by atoms with van der Waals surface area (Å²) in [7, 11) is 0. The van der Waals surface area contributed by atoms with E-state index < -0.39 is 0 Å². The molecule has 4 nitrogen and oxygen atoms in total. The molecule has 0 atom stereocenters. The molecular formula is C16H28N4. The van der Waals surface area contributed by atoms with Gasteiger partial charge < -0.3 is 10.6 Å². The predicted molar refractivity (Wildman–Crippen MR) is 85.1 cm³/mol. The topological polar surface area (TPSA) is 55.0 Å². The standard InChI is InChI=1S/C16H28N4/c1-6-9-20(10-12-7-8-12)14-11(2)13(17)18-15(19-14)16(3,4)5/h12H,6-10H2,1-5H3,(H2,17,18,19). The van der Waals surface area contributed by atoms with Crippen LogP contribution in [-0.2, 0) is 5.41 Å². The van der Waals surface area contributed by atoms with E-state index in [-0.39, 0.29) is 5.41 Å². The van der Waals surface area contributed by atoms with Gasteiger partial charge in [0.15, 0.2) is 0 Å². The molecule has 112 valence electrons. The highest BCUT2D eigenvalue weighted by molar-refractivity contribution is 5.57. The summed E-state index contributed by atoms with van der Waals surface area (Å²) in [5, 5.41) is 0. The third kappa shape index (κ3) is 3.41. The third-order valence-corrected chi connectivity index (χ3v) is 3.80. The maximum atomic E-state index is 6.12. The first-order chi connectivity index (χ1) is 9.32. The van der Waals surface area contributed by atoms with Gasteiger partial charge in [-0.15, -0.1) is 0 Å². The molecule has 0 aromatic carbocycles. The lowest BCUT2D eigenvalue weighted by molar-refractivity contribution is 0.543. The molecule has 1 heterocycles. The van der Waals surface area contributed by atoms with Gasteiger partial charge in [0.25, 0.3) is 0 Å². The second kappa shape index (κ2) is 5.58. The lowest BCUT2D eigenvalue weighted by atomic mass is 9.95. The van der Waals surface area contributed by atoms with Crippen molar-refractivity contribution >= 4 is 11.6 Å². The van der Waals surface area contributed by atoms with Crippen LogP contribution >= 0.6 is 0 Å². The van der Waals surface area contributed by atoms with Crippen LogP contribution in [-0.4, -0.2) is 23.1 Å². The summed E-state index contributed by atoms with van der Waals surface area (Å²) in [5.41, 5.74) is 7.07. The van der Waals surface area contributed by atoms with E-state index >= 15 is 0 Å². The Labute approximate surface area is 122 Å². The molecule has 1 aromatic heterocycles. The minimum absolute atomic E-state index is 0.0754. The molecule has 1 aliphatic carbocycles. The molecule has 1 saturated carbocycles. The van der Waals surface area contributed by atoms with Crippen molar-refractivity contribution in [1.29, 1.82) is 0 Å². The highest BCUT2D eigenvalue weighted by atomic mass is 15.2. The maximum absolute atomic E-state index is 6.12. The van der Waals surface area contributed by atoms with Gasteiger partial charge in [-0.2, -0.15) is 0 Å². The molecule has 0 aliphatic heterocycles. The van der Waals surface area contributed by atoms with Crippen LogP contribution in [0.1, 0.15) is 58.3 Å². The molecule has 1 aromatic rings. The molecule has 0 unspecified atom stereocenters. The van der Waals surface area contributed by atoms with Crippen LogP contribution in [0.5, 0.6) is 0 Å². The van der Waals surface area contributed by atoms with Gasteiger partial charge in [0.2, 0.25) is 0 Å². The van der Waals surface area contributed by atoms with Crippen LogP contribution in [0.25, 0.3) is 0 Å². The lowest BCUT2D eigenvalue weighted by Gasteiger charge is -2.27. The molecular weight excluding hydrogens is 248 g/mol. The zero-order valence-corrected chi connectivity index (χ0v) is 13.5. The average molecular weight is 276 g/mol. The van der Waals surface area contributed by atoms with Crippen LogP contribution in [0.2, 0.25) is 0 Å². The summed E-state index contributed by atoms with van der Waals surface area (Å²) < 4.78 is 0. The van der Waals surface area contributed by atoms with Crippen molar-refractivity contribution in [2.24, 2.45) is 5.92 Å². The van der Waals surface area contributed by atoms with Crippen LogP contribution in [0.15, 0.2) is 0 Å². The van der Waals surface area contributed by atoms with Crippen LogP contribution in [0.4, 0.5) is 11.6 Å². The van der Waals surface area contributed by atoms with Crippen molar-refractivity contribution in [1.82, 2.24) is 9.97 Å². The van der Waals surface area contributed by atoms with E-state index in [9.17, 15) is 0 Å². The van der Waals surface area contributed by atoms with Gasteiger partial charge in [-0.25, -0.2) is 9.97 Å². The van der Waals surface area contributed by atoms with Crippen molar-refractivity contribution in [3.8, 4) is 0 Å². The van der Waals surface area contributed by atoms with Crippen molar-refractivity contribution in [2.75, 3.05) is 23.7 Å². The molecule has 0 bridgehead atoms. The van der Waals surface area contributed by atoms with E-state index in [0.29, 0.717) is 5.82 Å². The minimum Gasteiger partial charge on any atom is -0.383 e. The van der Waals surface area contributed by atoms with E-state index in [2.05, 4.69) is 37.6 Å². The molecule has 2 rings (SSSR count). The van der Waals surface area contributed by atoms with E-state index in [1.54, 1.807) is 0 Å². The summed E-state index contributed by atoms with van der Waals surface area (Å²) in [6.07, 6.45) is 3.83. The fourth-order valence-electron chi connectivity index (χ4n) is 2.33. The van der Waals surface area contributed by atoms with Crippen LogP contribution < -0.4 is 10.6 Å². The summed E-state index contributed by atoms with van der Waals surface area (Å²) in [6, 6.07) is 0. The molecule has 1 fully saturated rings. The van der Waals surface area contributed by atoms with Gasteiger partial charge >= 0.3 is 0 Å². The lowest BCUT2D eigenvalue weighted by Crippen LogP contribution is -2.30. The number of anilines is 2. The fraction of sp³-hybridized carbons (Fsp3) is 0.750. The Morgan fingerprint density at radius 1 is 1.25 bits per heavy atom. The fourth-order valence-corrected chi connectivity index (χ4v) is 2.33. The summed E-state index contributed by atoms with van der Waals surface area (Å²) in [5.74, 6) is 3.34. The zero-order chi connectivity index (χ0) is 14.9. The summed E-state index contributed by atoms with van der Waals surface area (Å²) in [4.78, 5) is 11.7. The Hall–Kier alpha value is -1.32. The first-order valence-corrected chi connectivity index (χ1v) is 7.72. The molecule has 0 saturated heterocycles. The molecule has 2 N–H and O–H groups in total. The van der Waals surface area contributed by atoms with Gasteiger partial charge in [0.1, 0.15) is 17.5 Å². The Balaban J connectivity index is 2.38. The number of hydrogen-bond donors (Lipinski definition) is 1. The van der Waals surface area contributed by atoms with Gasteiger partial charge in [-0.1, -0.05) is 27.7 Å². The molecule has 20 heavy (non-hydrogen) atoms. The molecule has 0 amide bonds. The van der Waals surface area contributed by atoms with Gasteiger partial charge in [0.05, 0.1) is 0 Å². The second-order valence-corrected chi connectivity index (χ2v) is 7.02. The first-order valence-electron chi connectivity index (χ1n) is 7.72. The molecule has 4 heteroatoms. The van der Waals surface area contributed by atoms with Crippen LogP contribution in [0.3, 0.4) is 0 Å². The predicted octanol–water partition coefficient (Wildman–Crippen LogP) is 3.29.